The molecule has 1 heterocycles. The first kappa shape index (κ1) is 47.4. The van der Waals surface area contributed by atoms with Crippen molar-refractivity contribution < 1.29 is 49.7 Å². The van der Waals surface area contributed by atoms with Crippen molar-refractivity contribution in [1.29, 1.82) is 0 Å². The first-order valence-electron chi connectivity index (χ1n) is 20.5. The van der Waals surface area contributed by atoms with Gasteiger partial charge in [-0.05, 0) is 38.5 Å². The minimum absolute atomic E-state index is 0.288. The lowest BCUT2D eigenvalue weighted by molar-refractivity contribution is -0.295. The van der Waals surface area contributed by atoms with E-state index in [4.69, 9.17) is 9.47 Å². The Morgan fingerprint density at radius 1 is 0.647 bits per heavy atom. The van der Waals surface area contributed by atoms with E-state index in [1.54, 1.807) is 0 Å². The molecule has 0 radical (unpaired) electrons. The molecule has 11 nitrogen and oxygen atoms in total. The number of carbonyl (C=O) groups is 2. The van der Waals surface area contributed by atoms with Crippen LogP contribution in [-0.4, -0.2) is 98.1 Å². The van der Waals surface area contributed by atoms with Gasteiger partial charge in [-0.25, -0.2) is 4.79 Å². The van der Waals surface area contributed by atoms with E-state index in [0.717, 1.165) is 51.4 Å². The van der Waals surface area contributed by atoms with Crippen molar-refractivity contribution in [2.75, 3.05) is 6.61 Å². The van der Waals surface area contributed by atoms with Gasteiger partial charge in [0, 0.05) is 0 Å². The second-order valence-corrected chi connectivity index (χ2v) is 14.6. The number of allylic oxidation sites excluding steroid dienone is 2. The molecule has 1 fully saturated rings. The highest BCUT2D eigenvalue weighted by Gasteiger charge is 2.47. The van der Waals surface area contributed by atoms with Gasteiger partial charge in [0.1, 0.15) is 24.4 Å². The summed E-state index contributed by atoms with van der Waals surface area (Å²) in [4.78, 5) is 24.4. The Hall–Kier alpha value is -1.60. The summed E-state index contributed by atoms with van der Waals surface area (Å²) in [5.41, 5.74) is 0. The summed E-state index contributed by atoms with van der Waals surface area (Å²) in [5, 5.41) is 64.2. The highest BCUT2D eigenvalue weighted by molar-refractivity contribution is 5.80. The molecular formula is C40H75NO10. The predicted molar refractivity (Wildman–Crippen MR) is 200 cm³/mol. The van der Waals surface area contributed by atoms with Gasteiger partial charge in [0.15, 0.2) is 12.4 Å². The molecule has 0 bridgehead atoms. The number of aliphatic hydroxyl groups is 5. The molecule has 51 heavy (non-hydrogen) atoms. The van der Waals surface area contributed by atoms with Crippen molar-refractivity contribution in [2.45, 2.75) is 223 Å². The Morgan fingerprint density at radius 2 is 1.10 bits per heavy atom. The lowest BCUT2D eigenvalue weighted by Crippen LogP contribution is -2.61. The van der Waals surface area contributed by atoms with Crippen molar-refractivity contribution in [3.63, 3.8) is 0 Å². The van der Waals surface area contributed by atoms with Crippen molar-refractivity contribution in [3.05, 3.63) is 12.2 Å². The van der Waals surface area contributed by atoms with E-state index in [9.17, 15) is 40.2 Å². The van der Waals surface area contributed by atoms with Crippen LogP contribution in [0.2, 0.25) is 0 Å². The molecule has 1 amide bonds. The minimum atomic E-state index is -1.86. The van der Waals surface area contributed by atoms with Crippen LogP contribution in [-0.2, 0) is 19.1 Å². The second kappa shape index (κ2) is 30.8. The third-order valence-electron chi connectivity index (χ3n) is 9.94. The predicted octanol–water partition coefficient (Wildman–Crippen LogP) is 6.45. The number of aliphatic hydroxyl groups excluding tert-OH is 5. The average Bonchev–Trinajstić information content (AvgIpc) is 3.11. The molecule has 0 saturated carbocycles. The number of carboxylic acids is 1. The van der Waals surface area contributed by atoms with Gasteiger partial charge in [-0.15, -0.1) is 0 Å². The maximum atomic E-state index is 13.0. The monoisotopic (exact) mass is 730 g/mol. The van der Waals surface area contributed by atoms with Crippen molar-refractivity contribution in [1.82, 2.24) is 5.32 Å². The number of aliphatic carboxylic acids is 1. The number of carboxylic acid groups (broad SMARTS) is 1. The Labute approximate surface area is 308 Å². The second-order valence-electron chi connectivity index (χ2n) is 14.6. The van der Waals surface area contributed by atoms with Crippen LogP contribution in [0, 0.1) is 0 Å². The average molecular weight is 730 g/mol. The van der Waals surface area contributed by atoms with E-state index in [-0.39, 0.29) is 13.0 Å². The minimum Gasteiger partial charge on any atom is -0.479 e. The number of carbonyl (C=O) groups excluding carboxylic acids is 1. The van der Waals surface area contributed by atoms with Gasteiger partial charge in [-0.3, -0.25) is 4.79 Å². The van der Waals surface area contributed by atoms with Gasteiger partial charge in [0.25, 0.3) is 0 Å². The number of nitrogens with one attached hydrogen (secondary N) is 1. The molecule has 1 rings (SSSR count). The summed E-state index contributed by atoms with van der Waals surface area (Å²) in [5.74, 6) is -2.18. The summed E-state index contributed by atoms with van der Waals surface area (Å²) < 4.78 is 10.8. The van der Waals surface area contributed by atoms with E-state index in [2.05, 4.69) is 31.3 Å². The fourth-order valence-corrected chi connectivity index (χ4v) is 6.50. The van der Waals surface area contributed by atoms with E-state index in [1.807, 2.05) is 0 Å². The molecule has 7 N–H and O–H groups in total. The normalized spacial score (nSPS) is 22.6. The molecule has 0 unspecified atom stereocenters. The topological polar surface area (TPSA) is 186 Å². The molecule has 0 spiro atoms. The molecule has 8 atom stereocenters. The molecule has 11 heteroatoms. The lowest BCUT2D eigenvalue weighted by Gasteiger charge is -2.39. The van der Waals surface area contributed by atoms with E-state index < -0.39 is 60.8 Å². The van der Waals surface area contributed by atoms with E-state index in [1.165, 1.54) is 83.5 Å². The van der Waals surface area contributed by atoms with Crippen LogP contribution in [0.15, 0.2) is 12.2 Å². The summed E-state index contributed by atoms with van der Waals surface area (Å²) in [6.45, 7) is 4.06. The lowest BCUT2D eigenvalue weighted by atomic mass is 9.99. The van der Waals surface area contributed by atoms with Crippen molar-refractivity contribution >= 4 is 11.9 Å². The van der Waals surface area contributed by atoms with Crippen LogP contribution in [0.5, 0.6) is 0 Å². The quantitative estimate of drug-likeness (QED) is 0.0292. The van der Waals surface area contributed by atoms with Gasteiger partial charge in [-0.1, -0.05) is 148 Å². The molecule has 1 aliphatic heterocycles. The molecule has 300 valence electrons. The highest BCUT2D eigenvalue weighted by Crippen LogP contribution is 2.23. The Balaban J connectivity index is 2.51. The summed E-state index contributed by atoms with van der Waals surface area (Å²) in [7, 11) is 0. The standard InChI is InChI=1S/C40H75NO10/c1-3-5-7-9-11-13-15-16-17-18-19-21-22-24-26-28-32(42)31(30-50-40-36(46)34(44)35(45)37(51-40)39(48)49)41-38(47)33(43)29-27-25-23-20-14-12-10-8-6-4-2/h13,15,31-37,40,42-46H,3-12,14,16-30H2,1-2H3,(H,41,47)(H,48,49)/b15-13-/t31-,32+,33+,34-,35-,36+,37-,40-/m0/s1. The van der Waals surface area contributed by atoms with Gasteiger partial charge >= 0.3 is 5.97 Å². The van der Waals surface area contributed by atoms with Crippen LogP contribution in [0.3, 0.4) is 0 Å². The van der Waals surface area contributed by atoms with Crippen LogP contribution in [0.4, 0.5) is 0 Å². The number of hydrogen-bond donors (Lipinski definition) is 7. The zero-order valence-corrected chi connectivity index (χ0v) is 32.0. The van der Waals surface area contributed by atoms with Gasteiger partial charge in [0.05, 0.1) is 18.8 Å². The highest BCUT2D eigenvalue weighted by atomic mass is 16.7. The molecule has 0 aromatic rings. The van der Waals surface area contributed by atoms with Crippen LogP contribution >= 0.6 is 0 Å². The zero-order chi connectivity index (χ0) is 37.7. The molecule has 0 aliphatic carbocycles. The van der Waals surface area contributed by atoms with Gasteiger partial charge < -0.3 is 45.4 Å². The molecule has 0 aromatic carbocycles. The maximum absolute atomic E-state index is 13.0. The smallest absolute Gasteiger partial charge is 0.335 e. The van der Waals surface area contributed by atoms with Crippen LogP contribution in [0.25, 0.3) is 0 Å². The van der Waals surface area contributed by atoms with Gasteiger partial charge in [0.2, 0.25) is 5.91 Å². The molecular weight excluding hydrogens is 654 g/mol. The summed E-state index contributed by atoms with van der Waals surface area (Å²) >= 11 is 0. The fraction of sp³-hybridized carbons (Fsp3) is 0.900. The van der Waals surface area contributed by atoms with Crippen molar-refractivity contribution in [2.24, 2.45) is 0 Å². The Morgan fingerprint density at radius 3 is 1.61 bits per heavy atom. The van der Waals surface area contributed by atoms with E-state index in [0.29, 0.717) is 19.3 Å². The molecule has 1 aliphatic rings. The number of hydrogen-bond acceptors (Lipinski definition) is 9. The third kappa shape index (κ3) is 22.3. The maximum Gasteiger partial charge on any atom is 0.335 e. The van der Waals surface area contributed by atoms with E-state index >= 15 is 0 Å². The summed E-state index contributed by atoms with van der Waals surface area (Å²) in [6.07, 6.45) is 20.2. The number of rotatable bonds is 33. The zero-order valence-electron chi connectivity index (χ0n) is 32.0. The number of unbranched alkanes of at least 4 members (excludes halogenated alkanes) is 20. The first-order valence-corrected chi connectivity index (χ1v) is 20.5. The largest absolute Gasteiger partial charge is 0.479 e. The van der Waals surface area contributed by atoms with Crippen LogP contribution in [0.1, 0.15) is 174 Å². The SMILES string of the molecule is CCCCCC/C=C\CCCCCCCCC[C@@H](O)[C@H](CO[C@H]1O[C@H](C(=O)O)[C@@H](O)[C@H](O)[C@H]1O)NC(=O)[C@H](O)CCCCCCCCCCCC. The first-order chi connectivity index (χ1) is 24.6. The van der Waals surface area contributed by atoms with Crippen molar-refractivity contribution in [3.8, 4) is 0 Å². The summed E-state index contributed by atoms with van der Waals surface area (Å²) in [6, 6.07) is -0.984. The van der Waals surface area contributed by atoms with Gasteiger partial charge in [-0.2, -0.15) is 0 Å². The Kier molecular flexibility index (Phi) is 28.7. The fourth-order valence-electron chi connectivity index (χ4n) is 6.50. The molecule has 0 aromatic heterocycles. The number of ether oxygens (including phenoxy) is 2. The van der Waals surface area contributed by atoms with Crippen LogP contribution < -0.4 is 5.32 Å². The Bertz CT molecular complexity index is 889. The third-order valence-corrected chi connectivity index (χ3v) is 9.94. The number of amides is 1. The molecule has 1 saturated heterocycles.